The van der Waals surface area contributed by atoms with Crippen molar-refractivity contribution in [2.75, 3.05) is 4.90 Å². The van der Waals surface area contributed by atoms with Crippen LogP contribution in [0.25, 0.3) is 99.2 Å². The van der Waals surface area contributed by atoms with Crippen LogP contribution in [0, 0.1) is 0 Å². The molecule has 0 fully saturated rings. The minimum absolute atomic E-state index is 0.866. The van der Waals surface area contributed by atoms with E-state index in [-0.39, 0.29) is 0 Å². The highest BCUT2D eigenvalue weighted by molar-refractivity contribution is 6.22. The van der Waals surface area contributed by atoms with Gasteiger partial charge in [-0.15, -0.1) is 0 Å². The largest absolute Gasteiger partial charge is 0.455 e. The van der Waals surface area contributed by atoms with Crippen molar-refractivity contribution in [2.45, 2.75) is 0 Å². The van der Waals surface area contributed by atoms with Gasteiger partial charge in [0.05, 0.1) is 5.69 Å². The van der Waals surface area contributed by atoms with Crippen molar-refractivity contribution in [1.29, 1.82) is 0 Å². The third-order valence-electron chi connectivity index (χ3n) is 12.1. The van der Waals surface area contributed by atoms with Gasteiger partial charge in [0.2, 0.25) is 0 Å². The van der Waals surface area contributed by atoms with E-state index in [1.807, 2.05) is 12.1 Å². The molecule has 2 aromatic heterocycles. The summed E-state index contributed by atoms with van der Waals surface area (Å²) in [5, 5.41) is 6.59. The van der Waals surface area contributed by atoms with Crippen molar-refractivity contribution in [1.82, 2.24) is 0 Å². The Bertz CT molecular complexity index is 3550. The lowest BCUT2D eigenvalue weighted by molar-refractivity contribution is 0.670. The Morgan fingerprint density at radius 1 is 0.279 bits per heavy atom. The second-order valence-corrected chi connectivity index (χ2v) is 15.6. The van der Waals surface area contributed by atoms with Crippen molar-refractivity contribution < 1.29 is 8.83 Å². The molecule has 0 atom stereocenters. The van der Waals surface area contributed by atoms with E-state index < -0.39 is 0 Å². The highest BCUT2D eigenvalue weighted by Crippen LogP contribution is 2.47. The predicted octanol–water partition coefficient (Wildman–Crippen LogP) is 16.8. The molecule has 0 saturated carbocycles. The Hall–Kier alpha value is -8.14. The third-order valence-corrected chi connectivity index (χ3v) is 12.1. The molecule has 0 radical (unpaired) electrons. The average molecular weight is 780 g/mol. The van der Waals surface area contributed by atoms with E-state index in [0.717, 1.165) is 94.0 Å². The molecule has 12 rings (SSSR count). The van der Waals surface area contributed by atoms with Gasteiger partial charge in [-0.1, -0.05) is 182 Å². The third kappa shape index (κ3) is 5.90. The number of hydrogen-bond acceptors (Lipinski definition) is 3. The Morgan fingerprint density at radius 2 is 0.721 bits per heavy atom. The molecule has 0 amide bonds. The first kappa shape index (κ1) is 34.9. The van der Waals surface area contributed by atoms with Crippen molar-refractivity contribution >= 4 is 71.7 Å². The molecule has 12 aromatic rings. The second-order valence-electron chi connectivity index (χ2n) is 15.6. The minimum Gasteiger partial charge on any atom is -0.455 e. The Labute approximate surface area is 353 Å². The van der Waals surface area contributed by atoms with Crippen LogP contribution in [0.5, 0.6) is 0 Å². The molecular formula is C58H37NO2. The van der Waals surface area contributed by atoms with Crippen LogP contribution < -0.4 is 4.90 Å². The number of benzene rings is 10. The van der Waals surface area contributed by atoms with E-state index in [4.69, 9.17) is 8.83 Å². The monoisotopic (exact) mass is 779 g/mol. The summed E-state index contributed by atoms with van der Waals surface area (Å²) in [6.07, 6.45) is 0. The fourth-order valence-corrected chi connectivity index (χ4v) is 9.15. The van der Waals surface area contributed by atoms with Gasteiger partial charge in [0.1, 0.15) is 22.3 Å². The topological polar surface area (TPSA) is 29.5 Å². The normalized spacial score (nSPS) is 11.6. The highest BCUT2D eigenvalue weighted by Gasteiger charge is 2.22. The molecule has 3 nitrogen and oxygen atoms in total. The quantitative estimate of drug-likeness (QED) is 0.161. The van der Waals surface area contributed by atoms with E-state index in [0.29, 0.717) is 0 Å². The lowest BCUT2D eigenvalue weighted by atomic mass is 9.95. The lowest BCUT2D eigenvalue weighted by Crippen LogP contribution is -2.10. The van der Waals surface area contributed by atoms with Gasteiger partial charge in [-0.2, -0.15) is 0 Å². The lowest BCUT2D eigenvalue weighted by Gasteiger charge is -2.27. The number of fused-ring (bicyclic) bond motifs is 8. The Kier molecular flexibility index (Phi) is 8.17. The summed E-state index contributed by atoms with van der Waals surface area (Å²) in [4.78, 5) is 2.39. The summed E-state index contributed by atoms with van der Waals surface area (Å²) in [5.41, 5.74) is 15.9. The van der Waals surface area contributed by atoms with Crippen LogP contribution in [0.15, 0.2) is 233 Å². The Balaban J connectivity index is 1.05. The predicted molar refractivity (Wildman–Crippen MR) is 255 cm³/mol. The molecule has 0 aliphatic rings. The van der Waals surface area contributed by atoms with Gasteiger partial charge in [0.25, 0.3) is 0 Å². The molecule has 3 heteroatoms. The van der Waals surface area contributed by atoms with Crippen molar-refractivity contribution in [3.05, 3.63) is 224 Å². The van der Waals surface area contributed by atoms with Gasteiger partial charge in [-0.3, -0.25) is 0 Å². The second kappa shape index (κ2) is 14.3. The SMILES string of the molecule is c1ccc(-c2ccc(-c3cccc4oc5c6ccccc6c(N(c6ccc(-c7ccccc7)cc6)c6ccc(-c7cccc8c7oc7ccccc78)cc6)cc5c34)cc2)cc1. The Morgan fingerprint density at radius 3 is 1.41 bits per heavy atom. The first-order valence-corrected chi connectivity index (χ1v) is 20.7. The number of hydrogen-bond donors (Lipinski definition) is 0. The molecule has 10 aromatic carbocycles. The van der Waals surface area contributed by atoms with Crippen molar-refractivity contribution in [2.24, 2.45) is 0 Å². The van der Waals surface area contributed by atoms with Crippen LogP contribution >= 0.6 is 0 Å². The number of furan rings is 2. The molecule has 0 spiro atoms. The molecule has 61 heavy (non-hydrogen) atoms. The highest BCUT2D eigenvalue weighted by atomic mass is 16.3. The minimum atomic E-state index is 0.866. The zero-order valence-electron chi connectivity index (χ0n) is 33.1. The van der Waals surface area contributed by atoms with E-state index >= 15 is 0 Å². The number of nitrogens with zero attached hydrogens (tertiary/aromatic N) is 1. The first-order chi connectivity index (χ1) is 30.2. The molecule has 0 N–H and O–H groups in total. The first-order valence-electron chi connectivity index (χ1n) is 20.7. The van der Waals surface area contributed by atoms with Crippen LogP contribution in [0.1, 0.15) is 0 Å². The molecule has 0 saturated heterocycles. The van der Waals surface area contributed by atoms with Gasteiger partial charge in [0.15, 0.2) is 0 Å². The molecule has 0 aliphatic carbocycles. The smallest absolute Gasteiger partial charge is 0.143 e. The van der Waals surface area contributed by atoms with E-state index in [1.165, 1.54) is 22.3 Å². The van der Waals surface area contributed by atoms with E-state index in [2.05, 4.69) is 217 Å². The number of para-hydroxylation sites is 2. The zero-order valence-corrected chi connectivity index (χ0v) is 33.1. The summed E-state index contributed by atoms with van der Waals surface area (Å²) < 4.78 is 13.3. The van der Waals surface area contributed by atoms with Gasteiger partial charge in [-0.25, -0.2) is 0 Å². The summed E-state index contributed by atoms with van der Waals surface area (Å²) in [5.74, 6) is 0. The fourth-order valence-electron chi connectivity index (χ4n) is 9.15. The standard InChI is InChI=1S/C58H37NO2/c1-3-13-38(14-4-1)40-25-27-42(28-26-40)46-20-12-24-55-56(46)52-37-53(48-17-7-8-19-50(48)58(52)61-55)59(44-33-29-41(30-34-44)39-15-5-2-6-16-39)45-35-31-43(32-36-45)47-21-11-22-51-49-18-9-10-23-54(49)60-57(47)51/h1-37H. The summed E-state index contributed by atoms with van der Waals surface area (Å²) in [6, 6.07) is 79.8. The average Bonchev–Trinajstić information content (AvgIpc) is 3.92. The van der Waals surface area contributed by atoms with Crippen LogP contribution in [0.4, 0.5) is 17.1 Å². The van der Waals surface area contributed by atoms with Crippen LogP contribution in [-0.4, -0.2) is 0 Å². The summed E-state index contributed by atoms with van der Waals surface area (Å²) >= 11 is 0. The molecule has 0 unspecified atom stereocenters. The summed E-state index contributed by atoms with van der Waals surface area (Å²) in [6.45, 7) is 0. The molecule has 286 valence electrons. The maximum absolute atomic E-state index is 6.83. The summed E-state index contributed by atoms with van der Waals surface area (Å²) in [7, 11) is 0. The van der Waals surface area contributed by atoms with Crippen LogP contribution in [0.2, 0.25) is 0 Å². The van der Waals surface area contributed by atoms with Gasteiger partial charge < -0.3 is 13.7 Å². The van der Waals surface area contributed by atoms with Crippen molar-refractivity contribution in [3.8, 4) is 44.5 Å². The van der Waals surface area contributed by atoms with E-state index in [9.17, 15) is 0 Å². The maximum Gasteiger partial charge on any atom is 0.143 e. The molecule has 2 heterocycles. The maximum atomic E-state index is 6.83. The van der Waals surface area contributed by atoms with Gasteiger partial charge in [0, 0.05) is 49.3 Å². The van der Waals surface area contributed by atoms with Crippen LogP contribution in [-0.2, 0) is 0 Å². The molecular weight excluding hydrogens is 743 g/mol. The molecule has 0 bridgehead atoms. The van der Waals surface area contributed by atoms with Gasteiger partial charge in [-0.05, 0) is 81.4 Å². The number of rotatable bonds is 7. The molecule has 0 aliphatic heterocycles. The number of anilines is 3. The van der Waals surface area contributed by atoms with Crippen LogP contribution in [0.3, 0.4) is 0 Å². The van der Waals surface area contributed by atoms with E-state index in [1.54, 1.807) is 0 Å². The zero-order chi connectivity index (χ0) is 40.3. The van der Waals surface area contributed by atoms with Crippen molar-refractivity contribution in [3.63, 3.8) is 0 Å². The van der Waals surface area contributed by atoms with Gasteiger partial charge >= 0.3 is 0 Å². The fraction of sp³-hybridized carbons (Fsp3) is 0.